The van der Waals surface area contributed by atoms with Gasteiger partial charge in [-0.3, -0.25) is 4.72 Å². The van der Waals surface area contributed by atoms with E-state index < -0.39 is 10.0 Å². The van der Waals surface area contributed by atoms with E-state index >= 15 is 0 Å². The minimum Gasteiger partial charge on any atom is -0.420 e. The lowest BCUT2D eigenvalue weighted by atomic mass is 10.2. The molecular weight excluding hydrogens is 346 g/mol. The molecule has 0 saturated heterocycles. The molecule has 0 bridgehead atoms. The summed E-state index contributed by atoms with van der Waals surface area (Å²) in [6.45, 7) is 1.91. The molecule has 0 aliphatic heterocycles. The monoisotopic (exact) mass is 361 g/mol. The maximum Gasteiger partial charge on any atom is 0.271 e. The van der Waals surface area contributed by atoms with Gasteiger partial charge in [-0.05, 0) is 43.5 Å². The second-order valence-corrected chi connectivity index (χ2v) is 8.67. The number of hydrogen-bond donors (Lipinski definition) is 1. The number of nitrogens with zero attached hydrogens (tertiary/aromatic N) is 2. The van der Waals surface area contributed by atoms with Crippen molar-refractivity contribution in [3.63, 3.8) is 0 Å². The number of aryl methyl sites for hydroxylation is 1. The van der Waals surface area contributed by atoms with Crippen LogP contribution in [0.15, 0.2) is 44.3 Å². The fourth-order valence-corrected chi connectivity index (χ4v) is 4.53. The zero-order valence-corrected chi connectivity index (χ0v) is 14.5. The molecule has 2 heterocycles. The quantitative estimate of drug-likeness (QED) is 0.747. The molecule has 1 aliphatic carbocycles. The Morgan fingerprint density at radius 1 is 1.25 bits per heavy atom. The van der Waals surface area contributed by atoms with E-state index in [1.807, 2.05) is 19.1 Å². The van der Waals surface area contributed by atoms with Crippen molar-refractivity contribution >= 4 is 27.0 Å². The van der Waals surface area contributed by atoms with Crippen molar-refractivity contribution in [1.29, 1.82) is 0 Å². The molecule has 0 amide bonds. The first kappa shape index (κ1) is 15.3. The normalized spacial score (nSPS) is 14.7. The number of nitrogens with one attached hydrogen (secondary N) is 1. The van der Waals surface area contributed by atoms with Crippen molar-refractivity contribution in [2.24, 2.45) is 0 Å². The zero-order valence-electron chi connectivity index (χ0n) is 12.9. The second kappa shape index (κ2) is 5.71. The SMILES string of the molecule is Cc1cccc(NS(=O)(=O)c2cc(-c3nnc(C4CC4)o3)cs2)c1. The summed E-state index contributed by atoms with van der Waals surface area (Å²) in [5.74, 6) is 1.37. The van der Waals surface area contributed by atoms with Crippen molar-refractivity contribution < 1.29 is 12.8 Å². The van der Waals surface area contributed by atoms with Gasteiger partial charge < -0.3 is 4.42 Å². The van der Waals surface area contributed by atoms with Gasteiger partial charge in [0.05, 0.1) is 5.56 Å². The van der Waals surface area contributed by atoms with Gasteiger partial charge in [0.25, 0.3) is 10.0 Å². The van der Waals surface area contributed by atoms with Gasteiger partial charge >= 0.3 is 0 Å². The number of benzene rings is 1. The smallest absolute Gasteiger partial charge is 0.271 e. The molecular formula is C16H15N3O3S2. The third-order valence-corrected chi connectivity index (χ3v) is 6.55. The molecule has 6 nitrogen and oxygen atoms in total. The van der Waals surface area contributed by atoms with Crippen LogP contribution in [0.2, 0.25) is 0 Å². The lowest BCUT2D eigenvalue weighted by Gasteiger charge is -2.06. The fourth-order valence-electron chi connectivity index (χ4n) is 2.33. The van der Waals surface area contributed by atoms with Gasteiger partial charge in [0, 0.05) is 17.0 Å². The van der Waals surface area contributed by atoms with Crippen molar-refractivity contribution in [3.05, 3.63) is 47.2 Å². The van der Waals surface area contributed by atoms with Gasteiger partial charge in [0.15, 0.2) is 0 Å². The minimum absolute atomic E-state index is 0.213. The van der Waals surface area contributed by atoms with Gasteiger partial charge in [-0.1, -0.05) is 12.1 Å². The summed E-state index contributed by atoms with van der Waals surface area (Å²) in [5, 5.41) is 9.76. The average Bonchev–Trinajstić information content (AvgIpc) is 3.07. The lowest BCUT2D eigenvalue weighted by molar-refractivity contribution is 0.508. The summed E-state index contributed by atoms with van der Waals surface area (Å²) in [5.41, 5.74) is 2.16. The Bertz CT molecular complexity index is 987. The molecule has 124 valence electrons. The van der Waals surface area contributed by atoms with Crippen LogP contribution in [0.5, 0.6) is 0 Å². The van der Waals surface area contributed by atoms with Gasteiger partial charge in [-0.25, -0.2) is 8.42 Å². The third-order valence-electron chi connectivity index (χ3n) is 3.72. The van der Waals surface area contributed by atoms with Gasteiger partial charge in [-0.15, -0.1) is 21.5 Å². The number of aromatic nitrogens is 2. The molecule has 3 aromatic rings. The molecule has 1 aliphatic rings. The number of rotatable bonds is 5. The molecule has 0 atom stereocenters. The number of thiophene rings is 1. The molecule has 1 saturated carbocycles. The summed E-state index contributed by atoms with van der Waals surface area (Å²) in [4.78, 5) is 0. The Morgan fingerprint density at radius 2 is 2.08 bits per heavy atom. The molecule has 24 heavy (non-hydrogen) atoms. The molecule has 4 rings (SSSR count). The number of anilines is 1. The van der Waals surface area contributed by atoms with Crippen LogP contribution >= 0.6 is 11.3 Å². The maximum atomic E-state index is 12.5. The Balaban J connectivity index is 1.58. The zero-order chi connectivity index (χ0) is 16.7. The molecule has 1 N–H and O–H groups in total. The predicted molar refractivity (Wildman–Crippen MR) is 91.6 cm³/mol. The summed E-state index contributed by atoms with van der Waals surface area (Å²) < 4.78 is 33.5. The van der Waals surface area contributed by atoms with E-state index in [4.69, 9.17) is 4.42 Å². The Kier molecular flexibility index (Phi) is 3.65. The van der Waals surface area contributed by atoms with Crippen LogP contribution in [0.25, 0.3) is 11.5 Å². The van der Waals surface area contributed by atoms with Gasteiger partial charge in [0.1, 0.15) is 4.21 Å². The molecule has 0 radical (unpaired) electrons. The van der Waals surface area contributed by atoms with Crippen molar-refractivity contribution in [3.8, 4) is 11.5 Å². The highest BCUT2D eigenvalue weighted by Crippen LogP contribution is 2.40. The molecule has 1 aromatic carbocycles. The predicted octanol–water partition coefficient (Wildman–Crippen LogP) is 3.78. The first-order valence-corrected chi connectivity index (χ1v) is 9.89. The van der Waals surface area contributed by atoms with E-state index in [2.05, 4.69) is 14.9 Å². The highest BCUT2D eigenvalue weighted by Gasteiger charge is 2.30. The van der Waals surface area contributed by atoms with E-state index in [9.17, 15) is 8.42 Å². The fraction of sp³-hybridized carbons (Fsp3) is 0.250. The lowest BCUT2D eigenvalue weighted by Crippen LogP contribution is -2.11. The second-order valence-electron chi connectivity index (χ2n) is 5.85. The molecule has 0 spiro atoms. The van der Waals surface area contributed by atoms with Crippen LogP contribution in [-0.4, -0.2) is 18.6 Å². The maximum absolute atomic E-state index is 12.5. The van der Waals surface area contributed by atoms with Crippen LogP contribution in [-0.2, 0) is 10.0 Å². The van der Waals surface area contributed by atoms with Gasteiger partial charge in [-0.2, -0.15) is 0 Å². The van der Waals surface area contributed by atoms with Crippen LogP contribution in [0.1, 0.15) is 30.2 Å². The number of sulfonamides is 1. The van der Waals surface area contributed by atoms with Crippen LogP contribution < -0.4 is 4.72 Å². The molecule has 8 heteroatoms. The van der Waals surface area contributed by atoms with E-state index in [-0.39, 0.29) is 4.21 Å². The van der Waals surface area contributed by atoms with Crippen molar-refractivity contribution in [1.82, 2.24) is 10.2 Å². The third kappa shape index (κ3) is 3.07. The average molecular weight is 361 g/mol. The van der Waals surface area contributed by atoms with Crippen LogP contribution in [0.3, 0.4) is 0 Å². The first-order chi connectivity index (χ1) is 11.5. The van der Waals surface area contributed by atoms with Crippen LogP contribution in [0.4, 0.5) is 5.69 Å². The Labute approximate surface area is 143 Å². The summed E-state index contributed by atoms with van der Waals surface area (Å²) in [6.07, 6.45) is 2.15. The first-order valence-electron chi connectivity index (χ1n) is 7.53. The molecule has 1 fully saturated rings. The summed E-state index contributed by atoms with van der Waals surface area (Å²) >= 11 is 1.13. The van der Waals surface area contributed by atoms with E-state index in [0.29, 0.717) is 29.0 Å². The van der Waals surface area contributed by atoms with Crippen molar-refractivity contribution in [2.45, 2.75) is 29.9 Å². The van der Waals surface area contributed by atoms with E-state index in [1.54, 1.807) is 23.6 Å². The largest absolute Gasteiger partial charge is 0.420 e. The van der Waals surface area contributed by atoms with Gasteiger partial charge in [0.2, 0.25) is 11.8 Å². The standard InChI is InChI=1S/C16H15N3O3S2/c1-10-3-2-4-13(7-10)19-24(20,21)14-8-12(9-23-14)16-18-17-15(22-16)11-5-6-11/h2-4,7-9,11,19H,5-6H2,1H3. The number of hydrogen-bond acceptors (Lipinski definition) is 6. The van der Waals surface area contributed by atoms with Crippen molar-refractivity contribution in [2.75, 3.05) is 4.72 Å². The Morgan fingerprint density at radius 3 is 2.83 bits per heavy atom. The Hall–Kier alpha value is -2.19. The summed E-state index contributed by atoms with van der Waals surface area (Å²) in [7, 11) is -3.64. The van der Waals surface area contributed by atoms with Crippen LogP contribution in [0, 0.1) is 6.92 Å². The topological polar surface area (TPSA) is 85.1 Å². The highest BCUT2D eigenvalue weighted by molar-refractivity contribution is 7.94. The molecule has 0 unspecified atom stereocenters. The van der Waals surface area contributed by atoms with E-state index in [0.717, 1.165) is 29.7 Å². The minimum atomic E-state index is -3.64. The molecule has 2 aromatic heterocycles. The highest BCUT2D eigenvalue weighted by atomic mass is 32.2. The summed E-state index contributed by atoms with van der Waals surface area (Å²) in [6, 6.07) is 8.79. The van der Waals surface area contributed by atoms with E-state index in [1.165, 1.54) is 0 Å².